The van der Waals surface area contributed by atoms with E-state index in [4.69, 9.17) is 21.1 Å². The maximum Gasteiger partial charge on any atom is 0.417 e. The molecule has 1 saturated heterocycles. The lowest BCUT2D eigenvalue weighted by Gasteiger charge is -2.36. The Morgan fingerprint density at radius 3 is 2.58 bits per heavy atom. The van der Waals surface area contributed by atoms with Gasteiger partial charge in [-0.05, 0) is 38.0 Å². The van der Waals surface area contributed by atoms with Crippen LogP contribution in [0.1, 0.15) is 25.3 Å². The van der Waals surface area contributed by atoms with E-state index in [1.54, 1.807) is 4.90 Å². The molecule has 0 saturated carbocycles. The highest BCUT2D eigenvalue weighted by Gasteiger charge is 2.34. The number of hydrogen-bond acceptors (Lipinski definition) is 5. The molecular formula is C23H25ClF3N3O3. The zero-order chi connectivity index (χ0) is 23.6. The number of ether oxygens (including phenoxy) is 2. The van der Waals surface area contributed by atoms with Crippen LogP contribution in [0.25, 0.3) is 0 Å². The quantitative estimate of drug-likeness (QED) is 0.619. The second-order valence-electron chi connectivity index (χ2n) is 8.16. The van der Waals surface area contributed by atoms with Crippen LogP contribution in [0.2, 0.25) is 5.02 Å². The highest BCUT2D eigenvalue weighted by Crippen LogP contribution is 2.35. The van der Waals surface area contributed by atoms with E-state index < -0.39 is 11.7 Å². The lowest BCUT2D eigenvalue weighted by atomic mass is 9.95. The Balaban J connectivity index is 1.34. The predicted octanol–water partition coefficient (Wildman–Crippen LogP) is 4.66. The first-order valence-electron chi connectivity index (χ1n) is 10.9. The Kier molecular flexibility index (Phi) is 6.88. The van der Waals surface area contributed by atoms with Crippen LogP contribution in [0.5, 0.6) is 11.5 Å². The van der Waals surface area contributed by atoms with Crippen LogP contribution in [0.15, 0.2) is 36.5 Å². The summed E-state index contributed by atoms with van der Waals surface area (Å²) in [4.78, 5) is 20.7. The van der Waals surface area contributed by atoms with Crippen LogP contribution in [0.4, 0.5) is 19.0 Å². The van der Waals surface area contributed by atoms with Crippen molar-refractivity contribution in [1.82, 2.24) is 9.88 Å². The summed E-state index contributed by atoms with van der Waals surface area (Å²) in [5.41, 5.74) is -0.878. The first-order valence-corrected chi connectivity index (χ1v) is 11.3. The summed E-state index contributed by atoms with van der Waals surface area (Å²) in [6.07, 6.45) is -2.81. The number of rotatable bonds is 5. The van der Waals surface area contributed by atoms with Crippen molar-refractivity contribution < 1.29 is 27.4 Å². The number of likely N-dealkylation sites (N-methyl/N-ethyl adjacent to an activating group) is 1. The number of piperidine rings is 1. The number of aromatic nitrogens is 1. The van der Waals surface area contributed by atoms with Gasteiger partial charge in [0.2, 0.25) is 5.91 Å². The number of carbonyl (C=O) groups excluding carboxylic acids is 1. The summed E-state index contributed by atoms with van der Waals surface area (Å²) in [5.74, 6) is 1.56. The molecule has 1 unspecified atom stereocenters. The minimum absolute atomic E-state index is 0.0421. The number of alkyl halides is 3. The van der Waals surface area contributed by atoms with Crippen molar-refractivity contribution in [2.45, 2.75) is 32.0 Å². The molecule has 10 heteroatoms. The minimum atomic E-state index is -4.49. The normalized spacial score (nSPS) is 18.8. The fourth-order valence-electron chi connectivity index (χ4n) is 4.19. The molecule has 1 aromatic carbocycles. The van der Waals surface area contributed by atoms with Gasteiger partial charge in [-0.15, -0.1) is 0 Å². The molecule has 2 aliphatic rings. The molecule has 2 aromatic rings. The summed E-state index contributed by atoms with van der Waals surface area (Å²) < 4.78 is 50.3. The van der Waals surface area contributed by atoms with E-state index in [0.29, 0.717) is 62.9 Å². The van der Waals surface area contributed by atoms with E-state index in [-0.39, 0.29) is 23.0 Å². The van der Waals surface area contributed by atoms with Gasteiger partial charge in [-0.2, -0.15) is 13.2 Å². The number of fused-ring (bicyclic) bond motifs is 1. The van der Waals surface area contributed by atoms with Crippen molar-refractivity contribution in [3.8, 4) is 11.5 Å². The Morgan fingerprint density at radius 1 is 1.24 bits per heavy atom. The number of carbonyl (C=O) groups is 1. The van der Waals surface area contributed by atoms with Gasteiger partial charge in [-0.3, -0.25) is 4.79 Å². The van der Waals surface area contributed by atoms with Crippen LogP contribution >= 0.6 is 11.6 Å². The van der Waals surface area contributed by atoms with Gasteiger partial charge in [-0.25, -0.2) is 4.98 Å². The van der Waals surface area contributed by atoms with Crippen LogP contribution in [-0.4, -0.2) is 54.7 Å². The molecule has 1 amide bonds. The fourth-order valence-corrected chi connectivity index (χ4v) is 4.47. The molecule has 4 rings (SSSR count). The molecule has 3 heterocycles. The van der Waals surface area contributed by atoms with Crippen LogP contribution < -0.4 is 14.4 Å². The Hall–Kier alpha value is -2.68. The van der Waals surface area contributed by atoms with E-state index in [2.05, 4.69) is 4.98 Å². The molecule has 0 spiro atoms. The van der Waals surface area contributed by atoms with E-state index in [1.807, 2.05) is 36.1 Å². The molecular weight excluding hydrogens is 459 g/mol. The van der Waals surface area contributed by atoms with Crippen molar-refractivity contribution in [3.05, 3.63) is 47.1 Å². The first-order chi connectivity index (χ1) is 15.8. The molecule has 0 bridgehead atoms. The number of anilines is 1. The fraction of sp³-hybridized carbons (Fsp3) is 0.478. The van der Waals surface area contributed by atoms with Crippen molar-refractivity contribution in [3.63, 3.8) is 0 Å². The molecule has 0 radical (unpaired) electrons. The summed E-state index contributed by atoms with van der Waals surface area (Å²) in [5, 5.41) is -0.0421. The summed E-state index contributed by atoms with van der Waals surface area (Å²) in [6.45, 7) is 4.25. The van der Waals surface area contributed by atoms with Crippen LogP contribution in [0, 0.1) is 5.92 Å². The summed E-state index contributed by atoms with van der Waals surface area (Å²) in [7, 11) is 0. The molecule has 178 valence electrons. The zero-order valence-corrected chi connectivity index (χ0v) is 18.9. The van der Waals surface area contributed by atoms with Gasteiger partial charge >= 0.3 is 6.18 Å². The SMILES string of the molecule is CCN(CC1COc2ccccc2O1)C(=O)C1CCN(c2ncc(C(F)(F)F)cc2Cl)CC1. The molecule has 2 aliphatic heterocycles. The van der Waals surface area contributed by atoms with E-state index in [1.165, 1.54) is 0 Å². The van der Waals surface area contributed by atoms with Crippen molar-refractivity contribution in [1.29, 1.82) is 0 Å². The van der Waals surface area contributed by atoms with Crippen LogP contribution in [-0.2, 0) is 11.0 Å². The van der Waals surface area contributed by atoms with Crippen LogP contribution in [0.3, 0.4) is 0 Å². The van der Waals surface area contributed by atoms with E-state index in [9.17, 15) is 18.0 Å². The van der Waals surface area contributed by atoms with Gasteiger partial charge in [0.15, 0.2) is 17.6 Å². The second-order valence-corrected chi connectivity index (χ2v) is 8.57. The Labute approximate surface area is 195 Å². The number of hydrogen-bond donors (Lipinski definition) is 0. The second kappa shape index (κ2) is 9.67. The van der Waals surface area contributed by atoms with Gasteiger partial charge < -0.3 is 19.3 Å². The topological polar surface area (TPSA) is 54.9 Å². The van der Waals surface area contributed by atoms with E-state index >= 15 is 0 Å². The lowest BCUT2D eigenvalue weighted by Crippen LogP contribution is -2.47. The third-order valence-corrected chi connectivity index (χ3v) is 6.26. The highest BCUT2D eigenvalue weighted by atomic mass is 35.5. The Morgan fingerprint density at radius 2 is 1.94 bits per heavy atom. The monoisotopic (exact) mass is 483 g/mol. The third-order valence-electron chi connectivity index (χ3n) is 5.98. The summed E-state index contributed by atoms with van der Waals surface area (Å²) >= 11 is 6.08. The lowest BCUT2D eigenvalue weighted by molar-refractivity contribution is -0.138. The molecule has 0 N–H and O–H groups in total. The average Bonchev–Trinajstić information content (AvgIpc) is 2.81. The minimum Gasteiger partial charge on any atom is -0.486 e. The number of benzene rings is 1. The zero-order valence-electron chi connectivity index (χ0n) is 18.1. The molecule has 0 aliphatic carbocycles. The molecule has 1 fully saturated rings. The van der Waals surface area contributed by atoms with Gasteiger partial charge in [0.1, 0.15) is 12.4 Å². The van der Waals surface area contributed by atoms with Crippen molar-refractivity contribution in [2.24, 2.45) is 5.92 Å². The number of pyridine rings is 1. The van der Waals surface area contributed by atoms with Gasteiger partial charge in [0.25, 0.3) is 0 Å². The Bertz CT molecular complexity index is 996. The largest absolute Gasteiger partial charge is 0.486 e. The number of para-hydroxylation sites is 2. The van der Waals surface area contributed by atoms with Gasteiger partial charge in [-0.1, -0.05) is 23.7 Å². The third kappa shape index (κ3) is 5.29. The van der Waals surface area contributed by atoms with Crippen molar-refractivity contribution >= 4 is 23.3 Å². The first kappa shape index (κ1) is 23.5. The standard InChI is InChI=1S/C23H25ClF3N3O3/c1-2-29(13-17-14-32-19-5-3-4-6-20(19)33-17)22(31)15-7-9-30(10-8-15)21-18(24)11-16(12-28-21)23(25,26)27/h3-6,11-12,15,17H,2,7-10,13-14H2,1H3. The maximum absolute atomic E-state index is 13.2. The molecule has 33 heavy (non-hydrogen) atoms. The highest BCUT2D eigenvalue weighted by molar-refractivity contribution is 6.33. The van der Waals surface area contributed by atoms with E-state index in [0.717, 1.165) is 12.3 Å². The summed E-state index contributed by atoms with van der Waals surface area (Å²) in [6, 6.07) is 8.34. The number of amides is 1. The predicted molar refractivity (Wildman–Crippen MR) is 118 cm³/mol. The maximum atomic E-state index is 13.2. The number of halogens is 4. The smallest absolute Gasteiger partial charge is 0.417 e. The van der Waals surface area contributed by atoms with Gasteiger partial charge in [0, 0.05) is 31.7 Å². The number of nitrogens with zero attached hydrogens (tertiary/aromatic N) is 3. The molecule has 6 nitrogen and oxygen atoms in total. The van der Waals surface area contributed by atoms with Gasteiger partial charge in [0.05, 0.1) is 17.1 Å². The molecule has 1 atom stereocenters. The molecule has 1 aromatic heterocycles. The average molecular weight is 484 g/mol. The van der Waals surface area contributed by atoms with Crippen molar-refractivity contribution in [2.75, 3.05) is 37.7 Å².